The van der Waals surface area contributed by atoms with Gasteiger partial charge in [-0.3, -0.25) is 4.79 Å². The zero-order valence-electron chi connectivity index (χ0n) is 14.2. The molecule has 1 heterocycles. The fourth-order valence-electron chi connectivity index (χ4n) is 2.56. The molecule has 27 heavy (non-hydrogen) atoms. The first-order chi connectivity index (χ1) is 12.9. The van der Waals surface area contributed by atoms with E-state index in [1.165, 1.54) is 23.5 Å². The smallest absolute Gasteiger partial charge is 0.369 e. The van der Waals surface area contributed by atoms with Crippen LogP contribution in [0.1, 0.15) is 22.0 Å². The second-order valence-corrected chi connectivity index (χ2v) is 6.85. The molecule has 1 amide bonds. The normalized spacial score (nSPS) is 12.4. The zero-order valence-corrected chi connectivity index (χ0v) is 15.0. The van der Waals surface area contributed by atoms with Gasteiger partial charge in [-0.25, -0.2) is 0 Å². The minimum absolute atomic E-state index is 0.234. The highest BCUT2D eigenvalue weighted by Gasteiger charge is 2.31. The molecule has 0 saturated heterocycles. The van der Waals surface area contributed by atoms with E-state index in [1.54, 1.807) is 12.1 Å². The Hall–Kier alpha value is -2.80. The van der Waals surface area contributed by atoms with E-state index in [0.29, 0.717) is 6.54 Å². The van der Waals surface area contributed by atoms with Crippen LogP contribution in [0.5, 0.6) is 0 Å². The lowest BCUT2D eigenvalue weighted by Gasteiger charge is -2.19. The van der Waals surface area contributed by atoms with Crippen molar-refractivity contribution in [3.63, 3.8) is 0 Å². The molecule has 1 atom stereocenters. The summed E-state index contributed by atoms with van der Waals surface area (Å²) >= 11 is 1.36. The predicted octanol–water partition coefficient (Wildman–Crippen LogP) is 5.24. The minimum Gasteiger partial charge on any atom is -0.369 e. The summed E-state index contributed by atoms with van der Waals surface area (Å²) in [7, 11) is 0. The summed E-state index contributed by atoms with van der Waals surface area (Å²) < 4.78 is 38.8. The van der Waals surface area contributed by atoms with Crippen molar-refractivity contribution in [3.05, 3.63) is 88.1 Å². The van der Waals surface area contributed by atoms with Crippen LogP contribution >= 0.6 is 11.3 Å². The monoisotopic (exact) mass is 390 g/mol. The van der Waals surface area contributed by atoms with E-state index >= 15 is 0 Å². The molecule has 0 radical (unpaired) electrons. The van der Waals surface area contributed by atoms with E-state index in [-0.39, 0.29) is 11.6 Å². The number of hydrogen-bond donors (Lipinski definition) is 2. The number of thiophene rings is 1. The molecule has 0 aliphatic heterocycles. The number of anilines is 1. The molecular formula is C20H17F3N2OS. The number of nitrogens with one attached hydrogen (secondary N) is 2. The van der Waals surface area contributed by atoms with Crippen molar-refractivity contribution < 1.29 is 18.0 Å². The highest BCUT2D eigenvalue weighted by molar-refractivity contribution is 7.10. The van der Waals surface area contributed by atoms with Gasteiger partial charge >= 0.3 is 6.18 Å². The summed E-state index contributed by atoms with van der Waals surface area (Å²) in [4.78, 5) is 13.4. The van der Waals surface area contributed by atoms with Crippen molar-refractivity contribution in [2.45, 2.75) is 18.8 Å². The van der Waals surface area contributed by atoms with Crippen LogP contribution in [-0.4, -0.2) is 5.91 Å². The van der Waals surface area contributed by atoms with Crippen LogP contribution in [0.3, 0.4) is 0 Å². The summed E-state index contributed by atoms with van der Waals surface area (Å²) in [6, 6.07) is 17.0. The van der Waals surface area contributed by atoms with Crippen molar-refractivity contribution in [1.82, 2.24) is 5.32 Å². The molecule has 1 aromatic heterocycles. The Labute approximate surface area is 158 Å². The van der Waals surface area contributed by atoms with Gasteiger partial charge in [0.15, 0.2) is 0 Å². The molecule has 3 nitrogen and oxygen atoms in total. The van der Waals surface area contributed by atoms with Crippen LogP contribution in [0.15, 0.2) is 72.1 Å². The Morgan fingerprint density at radius 3 is 2.44 bits per heavy atom. The summed E-state index contributed by atoms with van der Waals surface area (Å²) in [5.41, 5.74) is 0.412. The maximum atomic E-state index is 12.9. The van der Waals surface area contributed by atoms with Crippen LogP contribution in [0.25, 0.3) is 0 Å². The van der Waals surface area contributed by atoms with Crippen LogP contribution in [-0.2, 0) is 17.5 Å². The number of carbonyl (C=O) groups excluding carboxylic acids is 1. The van der Waals surface area contributed by atoms with Crippen LogP contribution in [0.4, 0.5) is 18.9 Å². The predicted molar refractivity (Wildman–Crippen MR) is 100 cm³/mol. The maximum Gasteiger partial charge on any atom is 0.416 e. The van der Waals surface area contributed by atoms with Crippen molar-refractivity contribution in [2.24, 2.45) is 0 Å². The van der Waals surface area contributed by atoms with Crippen molar-refractivity contribution in [2.75, 3.05) is 5.32 Å². The van der Waals surface area contributed by atoms with Crippen molar-refractivity contribution in [1.29, 1.82) is 0 Å². The number of halogens is 3. The maximum absolute atomic E-state index is 12.9. The molecule has 2 N–H and O–H groups in total. The Bertz CT molecular complexity index is 880. The zero-order chi connectivity index (χ0) is 19.3. The second kappa shape index (κ2) is 8.26. The minimum atomic E-state index is -4.44. The first-order valence-electron chi connectivity index (χ1n) is 8.22. The fraction of sp³-hybridized carbons (Fsp3) is 0.150. The van der Waals surface area contributed by atoms with Gasteiger partial charge in [0.05, 0.1) is 5.56 Å². The van der Waals surface area contributed by atoms with E-state index in [0.717, 1.165) is 22.6 Å². The molecule has 140 valence electrons. The van der Waals surface area contributed by atoms with Gasteiger partial charge in [0.1, 0.15) is 6.04 Å². The average molecular weight is 390 g/mol. The van der Waals surface area contributed by atoms with Gasteiger partial charge in [0.2, 0.25) is 5.91 Å². The Morgan fingerprint density at radius 2 is 1.78 bits per heavy atom. The average Bonchev–Trinajstić information content (AvgIpc) is 3.19. The van der Waals surface area contributed by atoms with E-state index in [9.17, 15) is 18.0 Å². The quantitative estimate of drug-likeness (QED) is 0.605. The summed E-state index contributed by atoms with van der Waals surface area (Å²) in [6.07, 6.45) is -4.44. The topological polar surface area (TPSA) is 41.1 Å². The SMILES string of the molecule is O=C(NCc1ccccc1)C(Nc1cccc(C(F)(F)F)c1)c1cccs1. The van der Waals surface area contributed by atoms with E-state index < -0.39 is 17.8 Å². The molecule has 0 saturated carbocycles. The van der Waals surface area contributed by atoms with Gasteiger partial charge < -0.3 is 10.6 Å². The summed E-state index contributed by atoms with van der Waals surface area (Å²) in [6.45, 7) is 0.339. The molecule has 0 spiro atoms. The lowest BCUT2D eigenvalue weighted by atomic mass is 10.1. The lowest BCUT2D eigenvalue weighted by molar-refractivity contribution is -0.137. The highest BCUT2D eigenvalue weighted by Crippen LogP contribution is 2.32. The van der Waals surface area contributed by atoms with Gasteiger partial charge in [-0.2, -0.15) is 13.2 Å². The van der Waals surface area contributed by atoms with Gasteiger partial charge in [-0.1, -0.05) is 42.5 Å². The third-order valence-electron chi connectivity index (χ3n) is 3.90. The van der Waals surface area contributed by atoms with Gasteiger partial charge in [0, 0.05) is 17.1 Å². The molecule has 3 rings (SSSR count). The third kappa shape index (κ3) is 5.10. The Morgan fingerprint density at radius 1 is 1.00 bits per heavy atom. The number of rotatable bonds is 6. The van der Waals surface area contributed by atoms with Gasteiger partial charge in [-0.15, -0.1) is 11.3 Å². The van der Waals surface area contributed by atoms with E-state index in [1.807, 2.05) is 35.7 Å². The summed E-state index contributed by atoms with van der Waals surface area (Å²) in [5, 5.41) is 7.58. The van der Waals surface area contributed by atoms with Gasteiger partial charge in [0.25, 0.3) is 0 Å². The van der Waals surface area contributed by atoms with Crippen molar-refractivity contribution in [3.8, 4) is 0 Å². The van der Waals surface area contributed by atoms with Crippen LogP contribution in [0.2, 0.25) is 0 Å². The molecule has 0 aliphatic rings. The van der Waals surface area contributed by atoms with Crippen molar-refractivity contribution >= 4 is 22.9 Å². The number of hydrogen-bond acceptors (Lipinski definition) is 3. The van der Waals surface area contributed by atoms with E-state index in [2.05, 4.69) is 10.6 Å². The first kappa shape index (κ1) is 19.0. The Kier molecular flexibility index (Phi) is 5.81. The molecule has 1 unspecified atom stereocenters. The number of carbonyl (C=O) groups is 1. The lowest BCUT2D eigenvalue weighted by Crippen LogP contribution is -2.32. The third-order valence-corrected chi connectivity index (χ3v) is 4.84. The largest absolute Gasteiger partial charge is 0.416 e. The molecule has 0 fully saturated rings. The number of benzene rings is 2. The molecule has 7 heteroatoms. The molecule has 3 aromatic rings. The highest BCUT2D eigenvalue weighted by atomic mass is 32.1. The first-order valence-corrected chi connectivity index (χ1v) is 9.10. The molecular weight excluding hydrogens is 373 g/mol. The standard InChI is InChI=1S/C20H17F3N2OS/c21-20(22,23)15-8-4-9-16(12-15)25-18(17-10-5-11-27-17)19(26)24-13-14-6-2-1-3-7-14/h1-12,18,25H,13H2,(H,24,26). The molecule has 2 aromatic carbocycles. The molecule has 0 aliphatic carbocycles. The fourth-order valence-corrected chi connectivity index (χ4v) is 3.33. The number of alkyl halides is 3. The van der Waals surface area contributed by atoms with Gasteiger partial charge in [-0.05, 0) is 35.2 Å². The molecule has 0 bridgehead atoms. The summed E-state index contributed by atoms with van der Waals surface area (Å²) in [5.74, 6) is -0.307. The van der Waals surface area contributed by atoms with Crippen LogP contribution in [0, 0.1) is 0 Å². The van der Waals surface area contributed by atoms with E-state index in [4.69, 9.17) is 0 Å². The number of amides is 1. The second-order valence-electron chi connectivity index (χ2n) is 5.87. The Balaban J connectivity index is 1.77. The van der Waals surface area contributed by atoms with Crippen LogP contribution < -0.4 is 10.6 Å².